The van der Waals surface area contributed by atoms with E-state index in [0.29, 0.717) is 18.7 Å². The molecule has 0 aliphatic heterocycles. The van der Waals surface area contributed by atoms with Gasteiger partial charge in [0.1, 0.15) is 0 Å². The van der Waals surface area contributed by atoms with Crippen LogP contribution < -0.4 is 5.32 Å². The summed E-state index contributed by atoms with van der Waals surface area (Å²) in [4.78, 5) is 24.7. The van der Waals surface area contributed by atoms with E-state index in [1.165, 1.54) is 4.90 Å². The summed E-state index contributed by atoms with van der Waals surface area (Å²) < 4.78 is 0. The van der Waals surface area contributed by atoms with Gasteiger partial charge in [-0.15, -0.1) is 6.58 Å². The average Bonchev–Trinajstić information content (AvgIpc) is 2.42. The second-order valence-electron chi connectivity index (χ2n) is 3.96. The summed E-state index contributed by atoms with van der Waals surface area (Å²) in [7, 11) is 0. The lowest BCUT2D eigenvalue weighted by molar-refractivity contribution is -0.139. The van der Waals surface area contributed by atoms with E-state index in [2.05, 4.69) is 11.9 Å². The summed E-state index contributed by atoms with van der Waals surface area (Å²) in [5.41, 5.74) is 0.540. The van der Waals surface area contributed by atoms with Gasteiger partial charge in [-0.05, 0) is 12.5 Å². The first kappa shape index (κ1) is 14.8. The summed E-state index contributed by atoms with van der Waals surface area (Å²) in [6, 6.07) is 7.13. The second-order valence-corrected chi connectivity index (χ2v) is 3.96. The van der Waals surface area contributed by atoms with Gasteiger partial charge in [0.15, 0.2) is 6.04 Å². The Morgan fingerprint density at radius 2 is 2.05 bits per heavy atom. The molecule has 0 heterocycles. The van der Waals surface area contributed by atoms with Crippen LogP contribution >= 0.6 is 0 Å². The standard InChI is InChI=1S/C14H18N2O3/c1-3-10-16(4-2)14(19)15-12(13(17)18)11-8-6-5-7-9-11/h3,5-9,12H,1,4,10H2,2H3,(H,15,19)(H,17,18)/t12-/m1/s1. The minimum atomic E-state index is -1.09. The Bertz CT molecular complexity index is 445. The maximum atomic E-state index is 12.0. The number of carboxylic acid groups (broad SMARTS) is 1. The van der Waals surface area contributed by atoms with Crippen molar-refractivity contribution in [2.75, 3.05) is 13.1 Å². The molecular weight excluding hydrogens is 244 g/mol. The molecule has 0 aliphatic rings. The van der Waals surface area contributed by atoms with Crippen LogP contribution in [0.2, 0.25) is 0 Å². The van der Waals surface area contributed by atoms with Crippen LogP contribution in [-0.2, 0) is 4.79 Å². The summed E-state index contributed by atoms with van der Waals surface area (Å²) in [5.74, 6) is -1.09. The van der Waals surface area contributed by atoms with Gasteiger partial charge >= 0.3 is 12.0 Å². The minimum absolute atomic E-state index is 0.378. The van der Waals surface area contributed by atoms with E-state index in [4.69, 9.17) is 0 Å². The van der Waals surface area contributed by atoms with Gasteiger partial charge < -0.3 is 15.3 Å². The van der Waals surface area contributed by atoms with Crippen LogP contribution in [0.25, 0.3) is 0 Å². The lowest BCUT2D eigenvalue weighted by Gasteiger charge is -2.22. The molecule has 102 valence electrons. The number of nitrogens with one attached hydrogen (secondary N) is 1. The molecule has 0 aromatic heterocycles. The van der Waals surface area contributed by atoms with Crippen molar-refractivity contribution in [3.8, 4) is 0 Å². The minimum Gasteiger partial charge on any atom is -0.479 e. The summed E-state index contributed by atoms with van der Waals surface area (Å²) >= 11 is 0. The predicted molar refractivity (Wildman–Crippen MR) is 72.8 cm³/mol. The molecule has 1 rings (SSSR count). The van der Waals surface area contributed by atoms with Crippen molar-refractivity contribution in [2.45, 2.75) is 13.0 Å². The van der Waals surface area contributed by atoms with Gasteiger partial charge in [-0.1, -0.05) is 36.4 Å². The number of carbonyl (C=O) groups is 2. The van der Waals surface area contributed by atoms with Crippen LogP contribution in [0.5, 0.6) is 0 Å². The molecule has 0 saturated heterocycles. The third-order valence-corrected chi connectivity index (χ3v) is 2.67. The van der Waals surface area contributed by atoms with Crippen molar-refractivity contribution in [3.63, 3.8) is 0 Å². The fourth-order valence-corrected chi connectivity index (χ4v) is 1.66. The van der Waals surface area contributed by atoms with E-state index in [9.17, 15) is 14.7 Å². The molecule has 0 spiro atoms. The Kier molecular flexibility index (Phi) is 5.60. The van der Waals surface area contributed by atoms with Crippen LogP contribution in [0.4, 0.5) is 4.79 Å². The number of nitrogens with zero attached hydrogens (tertiary/aromatic N) is 1. The Balaban J connectivity index is 2.82. The molecule has 1 atom stereocenters. The lowest BCUT2D eigenvalue weighted by atomic mass is 10.1. The van der Waals surface area contributed by atoms with Gasteiger partial charge in [-0.3, -0.25) is 0 Å². The number of aliphatic carboxylic acids is 1. The number of carbonyl (C=O) groups excluding carboxylic acids is 1. The van der Waals surface area contributed by atoms with E-state index in [1.54, 1.807) is 36.4 Å². The highest BCUT2D eigenvalue weighted by Gasteiger charge is 2.23. The SMILES string of the molecule is C=CCN(CC)C(=O)N[C@@H](C(=O)O)c1ccccc1. The van der Waals surface area contributed by atoms with E-state index in [0.717, 1.165) is 0 Å². The van der Waals surface area contributed by atoms with Gasteiger partial charge in [0.2, 0.25) is 0 Å². The maximum absolute atomic E-state index is 12.0. The normalized spacial score (nSPS) is 11.4. The van der Waals surface area contributed by atoms with E-state index in [-0.39, 0.29) is 0 Å². The fourth-order valence-electron chi connectivity index (χ4n) is 1.66. The molecule has 2 N–H and O–H groups in total. The highest BCUT2D eigenvalue weighted by Crippen LogP contribution is 2.13. The number of hydrogen-bond acceptors (Lipinski definition) is 2. The van der Waals surface area contributed by atoms with Crippen molar-refractivity contribution in [2.24, 2.45) is 0 Å². The molecule has 0 fully saturated rings. The average molecular weight is 262 g/mol. The number of amides is 2. The molecule has 0 aliphatic carbocycles. The first-order valence-electron chi connectivity index (χ1n) is 6.04. The molecular formula is C14H18N2O3. The lowest BCUT2D eigenvalue weighted by Crippen LogP contribution is -2.43. The molecule has 1 aromatic rings. The van der Waals surface area contributed by atoms with Crippen LogP contribution in [0.15, 0.2) is 43.0 Å². The number of carboxylic acids is 1. The number of benzene rings is 1. The number of rotatable bonds is 6. The highest BCUT2D eigenvalue weighted by atomic mass is 16.4. The van der Waals surface area contributed by atoms with Gasteiger partial charge in [-0.2, -0.15) is 0 Å². The molecule has 19 heavy (non-hydrogen) atoms. The fraction of sp³-hybridized carbons (Fsp3) is 0.286. The van der Waals surface area contributed by atoms with Crippen molar-refractivity contribution in [1.82, 2.24) is 10.2 Å². The monoisotopic (exact) mass is 262 g/mol. The molecule has 0 radical (unpaired) electrons. The molecule has 0 unspecified atom stereocenters. The van der Waals surface area contributed by atoms with Gasteiger partial charge in [0, 0.05) is 13.1 Å². The number of urea groups is 1. The van der Waals surface area contributed by atoms with E-state index >= 15 is 0 Å². The Morgan fingerprint density at radius 3 is 2.53 bits per heavy atom. The first-order valence-corrected chi connectivity index (χ1v) is 6.04. The second kappa shape index (κ2) is 7.20. The van der Waals surface area contributed by atoms with E-state index in [1.807, 2.05) is 6.92 Å². The smallest absolute Gasteiger partial charge is 0.330 e. The maximum Gasteiger partial charge on any atom is 0.330 e. The Hall–Kier alpha value is -2.30. The van der Waals surface area contributed by atoms with Crippen LogP contribution in [-0.4, -0.2) is 35.1 Å². The van der Waals surface area contributed by atoms with Gasteiger partial charge in [0.05, 0.1) is 0 Å². The quantitative estimate of drug-likeness (QED) is 0.771. The molecule has 5 nitrogen and oxygen atoms in total. The van der Waals surface area contributed by atoms with Gasteiger partial charge in [0.25, 0.3) is 0 Å². The third-order valence-electron chi connectivity index (χ3n) is 2.67. The zero-order valence-corrected chi connectivity index (χ0v) is 10.9. The zero-order valence-electron chi connectivity index (χ0n) is 10.9. The third kappa shape index (κ3) is 4.13. The highest BCUT2D eigenvalue weighted by molar-refractivity contribution is 5.83. The molecule has 0 bridgehead atoms. The Morgan fingerprint density at radius 1 is 1.42 bits per heavy atom. The summed E-state index contributed by atoms with van der Waals surface area (Å²) in [5, 5.41) is 11.7. The largest absolute Gasteiger partial charge is 0.479 e. The predicted octanol–water partition coefficient (Wildman–Crippen LogP) is 2.03. The van der Waals surface area contributed by atoms with E-state index < -0.39 is 18.0 Å². The summed E-state index contributed by atoms with van der Waals surface area (Å²) in [6.07, 6.45) is 1.60. The van der Waals surface area contributed by atoms with Crippen LogP contribution in [0.1, 0.15) is 18.5 Å². The van der Waals surface area contributed by atoms with Crippen molar-refractivity contribution < 1.29 is 14.7 Å². The zero-order chi connectivity index (χ0) is 14.3. The molecule has 5 heteroatoms. The van der Waals surface area contributed by atoms with Gasteiger partial charge in [-0.25, -0.2) is 9.59 Å². The van der Waals surface area contributed by atoms with Crippen LogP contribution in [0.3, 0.4) is 0 Å². The molecule has 0 saturated carbocycles. The Labute approximate surface area is 112 Å². The first-order chi connectivity index (χ1) is 9.10. The topological polar surface area (TPSA) is 69.6 Å². The number of hydrogen-bond donors (Lipinski definition) is 2. The molecule has 2 amide bonds. The van der Waals surface area contributed by atoms with Crippen molar-refractivity contribution >= 4 is 12.0 Å². The van der Waals surface area contributed by atoms with Crippen molar-refractivity contribution in [3.05, 3.63) is 48.6 Å². The van der Waals surface area contributed by atoms with Crippen molar-refractivity contribution in [1.29, 1.82) is 0 Å². The van der Waals surface area contributed by atoms with Crippen LogP contribution in [0, 0.1) is 0 Å². The number of likely N-dealkylation sites (N-methyl/N-ethyl adjacent to an activating group) is 1. The summed E-state index contributed by atoms with van der Waals surface area (Å²) in [6.45, 7) is 6.25. The molecule has 1 aromatic carbocycles.